The number of fused-ring (bicyclic) bond motifs is 1. The average molecular weight is 198 g/mol. The summed E-state index contributed by atoms with van der Waals surface area (Å²) in [5.74, 6) is 0.545. The van der Waals surface area contributed by atoms with Crippen molar-refractivity contribution in [3.8, 4) is 0 Å². The normalized spacial score (nSPS) is 37.9. The number of rotatable bonds is 2. The van der Waals surface area contributed by atoms with Gasteiger partial charge in [-0.3, -0.25) is 0 Å². The minimum Gasteiger partial charge on any atom is -0.463 e. The van der Waals surface area contributed by atoms with E-state index >= 15 is 0 Å². The Kier molecular flexibility index (Phi) is 2.57. The van der Waals surface area contributed by atoms with E-state index in [1.165, 1.54) is 0 Å². The summed E-state index contributed by atoms with van der Waals surface area (Å²) >= 11 is 0. The molecule has 0 aromatic carbocycles. The highest BCUT2D eigenvalue weighted by atomic mass is 19.1. The molecule has 0 aromatic rings. The molecule has 0 bridgehead atoms. The third-order valence-electron chi connectivity index (χ3n) is 3.20. The molecular weight excluding hydrogens is 183 g/mol. The molecule has 0 saturated heterocycles. The van der Waals surface area contributed by atoms with E-state index < -0.39 is 6.17 Å². The lowest BCUT2D eigenvalue weighted by atomic mass is 9.71. The molecule has 2 nitrogen and oxygen atoms in total. The molecule has 2 aliphatic rings. The maximum absolute atomic E-state index is 13.0. The number of halogens is 1. The third kappa shape index (κ3) is 1.68. The standard InChI is InChI=1S/C11H15FO2/c1-2-14-11(13)5-8-3-7-4-9(12)6-10(7)8/h5,7,9-10H,2-4,6H2,1H3/b8-5+/t7-,9-,10+/m0/s1. The van der Waals surface area contributed by atoms with Gasteiger partial charge < -0.3 is 4.74 Å². The summed E-state index contributed by atoms with van der Waals surface area (Å²) in [6.45, 7) is 2.19. The molecule has 0 heterocycles. The molecule has 14 heavy (non-hydrogen) atoms. The molecule has 3 heteroatoms. The van der Waals surface area contributed by atoms with E-state index in [4.69, 9.17) is 4.74 Å². The highest BCUT2D eigenvalue weighted by Crippen LogP contribution is 2.51. The molecule has 2 saturated carbocycles. The number of hydrogen-bond donors (Lipinski definition) is 0. The van der Waals surface area contributed by atoms with Crippen molar-refractivity contribution < 1.29 is 13.9 Å². The fourth-order valence-corrected chi connectivity index (χ4v) is 2.53. The molecule has 2 fully saturated rings. The highest BCUT2D eigenvalue weighted by molar-refractivity contribution is 5.83. The number of alkyl halides is 1. The fraction of sp³-hybridized carbons (Fsp3) is 0.727. The molecule has 2 rings (SSSR count). The summed E-state index contributed by atoms with van der Waals surface area (Å²) in [6.07, 6.45) is 3.09. The van der Waals surface area contributed by atoms with Crippen LogP contribution >= 0.6 is 0 Å². The smallest absolute Gasteiger partial charge is 0.330 e. The van der Waals surface area contributed by atoms with Crippen LogP contribution in [0.3, 0.4) is 0 Å². The van der Waals surface area contributed by atoms with E-state index in [0.29, 0.717) is 31.3 Å². The fourth-order valence-electron chi connectivity index (χ4n) is 2.53. The summed E-state index contributed by atoms with van der Waals surface area (Å²) in [7, 11) is 0. The zero-order valence-electron chi connectivity index (χ0n) is 8.33. The van der Waals surface area contributed by atoms with Crippen LogP contribution in [0.5, 0.6) is 0 Å². The molecule has 0 spiro atoms. The summed E-state index contributed by atoms with van der Waals surface area (Å²) in [4.78, 5) is 11.1. The molecule has 0 N–H and O–H groups in total. The van der Waals surface area contributed by atoms with E-state index in [2.05, 4.69) is 0 Å². The monoisotopic (exact) mass is 198 g/mol. The van der Waals surface area contributed by atoms with Crippen molar-refractivity contribution in [1.82, 2.24) is 0 Å². The van der Waals surface area contributed by atoms with Gasteiger partial charge in [-0.2, -0.15) is 0 Å². The molecule has 3 atom stereocenters. The van der Waals surface area contributed by atoms with Gasteiger partial charge in [0.1, 0.15) is 6.17 Å². The summed E-state index contributed by atoms with van der Waals surface area (Å²) in [5, 5.41) is 0. The second-order valence-corrected chi connectivity index (χ2v) is 4.11. The minimum absolute atomic E-state index is 0.275. The maximum atomic E-state index is 13.0. The van der Waals surface area contributed by atoms with Crippen molar-refractivity contribution in [3.63, 3.8) is 0 Å². The van der Waals surface area contributed by atoms with Crippen LogP contribution in [-0.2, 0) is 9.53 Å². The van der Waals surface area contributed by atoms with E-state index in [9.17, 15) is 9.18 Å². The molecule has 0 amide bonds. The van der Waals surface area contributed by atoms with Gasteiger partial charge in [0.2, 0.25) is 0 Å². The first-order valence-electron chi connectivity index (χ1n) is 5.22. The zero-order chi connectivity index (χ0) is 10.1. The lowest BCUT2D eigenvalue weighted by Gasteiger charge is -2.33. The number of carbonyl (C=O) groups is 1. The van der Waals surface area contributed by atoms with Gasteiger partial charge in [0, 0.05) is 6.08 Å². The lowest BCUT2D eigenvalue weighted by molar-refractivity contribution is -0.137. The van der Waals surface area contributed by atoms with Gasteiger partial charge in [-0.05, 0) is 38.0 Å². The Morgan fingerprint density at radius 1 is 1.64 bits per heavy atom. The Hall–Kier alpha value is -0.860. The molecule has 0 aromatic heterocycles. The molecule has 0 unspecified atom stereocenters. The predicted octanol–water partition coefficient (Wildman–Crippen LogP) is 2.24. The van der Waals surface area contributed by atoms with Gasteiger partial charge in [0.15, 0.2) is 0 Å². The van der Waals surface area contributed by atoms with E-state index in [1.54, 1.807) is 13.0 Å². The Bertz CT molecular complexity index is 272. The van der Waals surface area contributed by atoms with Crippen LogP contribution in [-0.4, -0.2) is 18.7 Å². The Morgan fingerprint density at radius 2 is 2.43 bits per heavy atom. The van der Waals surface area contributed by atoms with Gasteiger partial charge in [-0.1, -0.05) is 5.57 Å². The summed E-state index contributed by atoms with van der Waals surface area (Å²) in [5.41, 5.74) is 1.09. The largest absolute Gasteiger partial charge is 0.463 e. The maximum Gasteiger partial charge on any atom is 0.330 e. The second-order valence-electron chi connectivity index (χ2n) is 4.11. The van der Waals surface area contributed by atoms with Crippen LogP contribution in [0.1, 0.15) is 26.2 Å². The van der Waals surface area contributed by atoms with Crippen LogP contribution in [0.15, 0.2) is 11.6 Å². The van der Waals surface area contributed by atoms with Crippen LogP contribution in [0.2, 0.25) is 0 Å². The summed E-state index contributed by atoms with van der Waals surface area (Å²) < 4.78 is 17.8. The minimum atomic E-state index is -0.655. The van der Waals surface area contributed by atoms with E-state index in [1.807, 2.05) is 0 Å². The first-order valence-corrected chi connectivity index (χ1v) is 5.22. The van der Waals surface area contributed by atoms with Crippen molar-refractivity contribution in [2.45, 2.75) is 32.4 Å². The molecule has 2 aliphatic carbocycles. The van der Waals surface area contributed by atoms with Crippen molar-refractivity contribution in [2.24, 2.45) is 11.8 Å². The number of ether oxygens (including phenoxy) is 1. The first kappa shape index (κ1) is 9.69. The van der Waals surface area contributed by atoms with Gasteiger partial charge in [-0.15, -0.1) is 0 Å². The van der Waals surface area contributed by atoms with Gasteiger partial charge in [0.25, 0.3) is 0 Å². The predicted molar refractivity (Wildman–Crippen MR) is 50.4 cm³/mol. The first-order chi connectivity index (χ1) is 6.70. The molecular formula is C11H15FO2. The highest BCUT2D eigenvalue weighted by Gasteiger charge is 2.44. The van der Waals surface area contributed by atoms with E-state index in [0.717, 1.165) is 12.0 Å². The summed E-state index contributed by atoms with van der Waals surface area (Å²) in [6, 6.07) is 0. The SMILES string of the molecule is CCOC(=O)/C=C1\C[C@H]2C[C@H](F)C[C@@H]12. The zero-order valence-corrected chi connectivity index (χ0v) is 8.33. The average Bonchev–Trinajstić information content (AvgIpc) is 2.40. The van der Waals surface area contributed by atoms with Crippen LogP contribution in [0.4, 0.5) is 4.39 Å². The molecule has 0 aliphatic heterocycles. The molecule has 78 valence electrons. The van der Waals surface area contributed by atoms with Gasteiger partial charge in [0.05, 0.1) is 6.61 Å². The Labute approximate surface area is 83.1 Å². The topological polar surface area (TPSA) is 26.3 Å². The van der Waals surface area contributed by atoms with Crippen molar-refractivity contribution in [3.05, 3.63) is 11.6 Å². The van der Waals surface area contributed by atoms with Crippen LogP contribution in [0, 0.1) is 11.8 Å². The number of hydrogen-bond acceptors (Lipinski definition) is 2. The van der Waals surface area contributed by atoms with Crippen molar-refractivity contribution in [1.29, 1.82) is 0 Å². The third-order valence-corrected chi connectivity index (χ3v) is 3.20. The number of allylic oxidation sites excluding steroid dienone is 1. The van der Waals surface area contributed by atoms with Crippen molar-refractivity contribution in [2.75, 3.05) is 6.61 Å². The number of carbonyl (C=O) groups excluding carboxylic acids is 1. The van der Waals surface area contributed by atoms with Crippen LogP contribution in [0.25, 0.3) is 0 Å². The molecule has 0 radical (unpaired) electrons. The second kappa shape index (κ2) is 3.71. The van der Waals surface area contributed by atoms with Gasteiger partial charge >= 0.3 is 5.97 Å². The van der Waals surface area contributed by atoms with Crippen LogP contribution < -0.4 is 0 Å². The number of esters is 1. The lowest BCUT2D eigenvalue weighted by Crippen LogP contribution is -2.24. The quantitative estimate of drug-likeness (QED) is 0.502. The van der Waals surface area contributed by atoms with E-state index in [-0.39, 0.29) is 5.97 Å². The Morgan fingerprint density at radius 3 is 3.07 bits per heavy atom. The van der Waals surface area contributed by atoms with Crippen molar-refractivity contribution >= 4 is 5.97 Å². The Balaban J connectivity index is 1.92. The van der Waals surface area contributed by atoms with Gasteiger partial charge in [-0.25, -0.2) is 9.18 Å².